The number of fused-ring (bicyclic) bond motifs is 1. The molecule has 1 atom stereocenters. The minimum atomic E-state index is -3.80. The summed E-state index contributed by atoms with van der Waals surface area (Å²) in [7, 11) is -1.66. The van der Waals surface area contributed by atoms with Gasteiger partial charge in [-0.2, -0.15) is 4.31 Å². The van der Waals surface area contributed by atoms with Crippen LogP contribution in [0.25, 0.3) is 0 Å². The summed E-state index contributed by atoms with van der Waals surface area (Å²) in [5, 5.41) is 2.95. The standard InChI is InChI=1S/C33H42N4O4S/c1-24-16-25(2)33(26(3)17-24)42(39,40)37-21-29-10-6-5-9-28(29)19-31(37)22-41-23-32(38)34-20-27-8-7-11-30(18-27)36-14-12-35(4)13-15-36/h5-11,16-18,31H,12-15,19-23H2,1-4H3,(H,34,38). The van der Waals surface area contributed by atoms with Crippen molar-refractivity contribution in [1.82, 2.24) is 14.5 Å². The minimum absolute atomic E-state index is 0.129. The van der Waals surface area contributed by atoms with Crippen LogP contribution in [-0.4, -0.2) is 76.0 Å². The third-order valence-corrected chi connectivity index (χ3v) is 10.5. The second-order valence-corrected chi connectivity index (χ2v) is 13.5. The summed E-state index contributed by atoms with van der Waals surface area (Å²) in [6.07, 6.45) is 0.528. The number of nitrogens with one attached hydrogen (secondary N) is 1. The van der Waals surface area contributed by atoms with Crippen LogP contribution in [0.15, 0.2) is 65.6 Å². The molecular weight excluding hydrogens is 548 g/mol. The van der Waals surface area contributed by atoms with Crippen LogP contribution in [0, 0.1) is 20.8 Å². The summed E-state index contributed by atoms with van der Waals surface area (Å²) in [6, 6.07) is 19.6. The smallest absolute Gasteiger partial charge is 0.246 e. The Morgan fingerprint density at radius 3 is 2.33 bits per heavy atom. The lowest BCUT2D eigenvalue weighted by molar-refractivity contribution is -0.126. The van der Waals surface area contributed by atoms with E-state index in [0.29, 0.717) is 17.9 Å². The van der Waals surface area contributed by atoms with Crippen LogP contribution in [0.3, 0.4) is 0 Å². The van der Waals surface area contributed by atoms with Gasteiger partial charge in [-0.3, -0.25) is 4.79 Å². The minimum Gasteiger partial charge on any atom is -0.370 e. The molecule has 1 fully saturated rings. The van der Waals surface area contributed by atoms with E-state index in [1.54, 1.807) is 4.31 Å². The number of amides is 1. The van der Waals surface area contributed by atoms with E-state index in [-0.39, 0.29) is 25.7 Å². The molecule has 1 N–H and O–H groups in total. The Morgan fingerprint density at radius 1 is 0.929 bits per heavy atom. The molecule has 1 saturated heterocycles. The van der Waals surface area contributed by atoms with E-state index in [1.165, 1.54) is 5.69 Å². The average molecular weight is 591 g/mol. The third-order valence-electron chi connectivity index (χ3n) is 8.29. The number of aryl methyl sites for hydroxylation is 3. The molecule has 9 heteroatoms. The molecule has 0 bridgehead atoms. The second kappa shape index (κ2) is 13.0. The van der Waals surface area contributed by atoms with Gasteiger partial charge >= 0.3 is 0 Å². The Bertz CT molecular complexity index is 1510. The van der Waals surface area contributed by atoms with E-state index in [9.17, 15) is 13.2 Å². The van der Waals surface area contributed by atoms with E-state index in [1.807, 2.05) is 69.3 Å². The number of ether oxygens (including phenoxy) is 1. The van der Waals surface area contributed by atoms with Gasteiger partial charge in [0.25, 0.3) is 0 Å². The van der Waals surface area contributed by atoms with Crippen molar-refractivity contribution in [2.45, 2.75) is 51.2 Å². The predicted molar refractivity (Wildman–Crippen MR) is 166 cm³/mol. The number of carbonyl (C=O) groups excluding carboxylic acids is 1. The molecular formula is C33H42N4O4S. The van der Waals surface area contributed by atoms with Gasteiger partial charge < -0.3 is 19.9 Å². The highest BCUT2D eigenvalue weighted by atomic mass is 32.2. The van der Waals surface area contributed by atoms with Crippen molar-refractivity contribution in [3.8, 4) is 0 Å². The first kappa shape index (κ1) is 30.2. The Morgan fingerprint density at radius 2 is 1.62 bits per heavy atom. The van der Waals surface area contributed by atoms with Crippen LogP contribution in [0.1, 0.15) is 33.4 Å². The zero-order chi connectivity index (χ0) is 29.9. The van der Waals surface area contributed by atoms with Crippen molar-refractivity contribution in [1.29, 1.82) is 0 Å². The van der Waals surface area contributed by atoms with Crippen LogP contribution >= 0.6 is 0 Å². The number of sulfonamides is 1. The van der Waals surface area contributed by atoms with Crippen LogP contribution in [0.2, 0.25) is 0 Å². The molecule has 1 unspecified atom stereocenters. The number of piperazine rings is 1. The highest BCUT2D eigenvalue weighted by Gasteiger charge is 2.37. The fraction of sp³-hybridized carbons (Fsp3) is 0.424. The van der Waals surface area contributed by atoms with Crippen LogP contribution in [0.5, 0.6) is 0 Å². The molecule has 2 aliphatic heterocycles. The van der Waals surface area contributed by atoms with Crippen molar-refractivity contribution in [3.05, 3.63) is 94.0 Å². The summed E-state index contributed by atoms with van der Waals surface area (Å²) < 4.78 is 35.6. The maximum Gasteiger partial charge on any atom is 0.246 e. The largest absolute Gasteiger partial charge is 0.370 e. The summed E-state index contributed by atoms with van der Waals surface area (Å²) in [4.78, 5) is 17.8. The average Bonchev–Trinajstić information content (AvgIpc) is 2.95. The molecule has 0 saturated carbocycles. The van der Waals surface area contributed by atoms with Gasteiger partial charge in [0.15, 0.2) is 0 Å². The molecule has 224 valence electrons. The zero-order valence-electron chi connectivity index (χ0n) is 25.1. The Hall–Kier alpha value is -3.24. The van der Waals surface area contributed by atoms with Gasteiger partial charge in [-0.25, -0.2) is 8.42 Å². The lowest BCUT2D eigenvalue weighted by atomic mass is 9.96. The first-order chi connectivity index (χ1) is 20.1. The maximum absolute atomic E-state index is 14.1. The van der Waals surface area contributed by atoms with Gasteiger partial charge in [0.05, 0.1) is 17.5 Å². The zero-order valence-corrected chi connectivity index (χ0v) is 25.9. The van der Waals surface area contributed by atoms with Crippen molar-refractivity contribution in [3.63, 3.8) is 0 Å². The molecule has 5 rings (SSSR count). The number of carbonyl (C=O) groups is 1. The number of nitrogens with zero attached hydrogens (tertiary/aromatic N) is 3. The number of anilines is 1. The first-order valence-corrected chi connectivity index (χ1v) is 16.1. The Balaban J connectivity index is 1.22. The number of benzene rings is 3. The molecule has 1 amide bonds. The summed E-state index contributed by atoms with van der Waals surface area (Å²) in [5.41, 5.74) is 6.82. The van der Waals surface area contributed by atoms with E-state index in [2.05, 4.69) is 34.3 Å². The van der Waals surface area contributed by atoms with Crippen LogP contribution in [0.4, 0.5) is 5.69 Å². The molecule has 0 spiro atoms. The van der Waals surface area contributed by atoms with Gasteiger partial charge in [0.1, 0.15) is 6.61 Å². The molecule has 2 aliphatic rings. The topological polar surface area (TPSA) is 82.2 Å². The van der Waals surface area contributed by atoms with Crippen molar-refractivity contribution in [2.75, 3.05) is 51.3 Å². The summed E-state index contributed by atoms with van der Waals surface area (Å²) >= 11 is 0. The maximum atomic E-state index is 14.1. The lowest BCUT2D eigenvalue weighted by Gasteiger charge is -2.36. The third kappa shape index (κ3) is 6.86. The van der Waals surface area contributed by atoms with E-state index < -0.39 is 16.1 Å². The number of rotatable bonds is 9. The van der Waals surface area contributed by atoms with E-state index >= 15 is 0 Å². The van der Waals surface area contributed by atoms with Gasteiger partial charge in [0.2, 0.25) is 15.9 Å². The molecule has 3 aromatic rings. The van der Waals surface area contributed by atoms with Crippen molar-refractivity contribution in [2.24, 2.45) is 0 Å². The summed E-state index contributed by atoms with van der Waals surface area (Å²) in [6.45, 7) is 10.4. The fourth-order valence-electron chi connectivity index (χ4n) is 6.14. The van der Waals surface area contributed by atoms with Crippen LogP contribution < -0.4 is 10.2 Å². The van der Waals surface area contributed by atoms with E-state index in [4.69, 9.17) is 4.74 Å². The summed E-state index contributed by atoms with van der Waals surface area (Å²) in [5.74, 6) is -0.226. The van der Waals surface area contributed by atoms with Gasteiger partial charge in [-0.05, 0) is 74.2 Å². The van der Waals surface area contributed by atoms with Gasteiger partial charge in [-0.15, -0.1) is 0 Å². The molecule has 0 aromatic heterocycles. The monoisotopic (exact) mass is 590 g/mol. The fourth-order valence-corrected chi connectivity index (χ4v) is 8.15. The highest BCUT2D eigenvalue weighted by molar-refractivity contribution is 7.89. The van der Waals surface area contributed by atoms with Crippen molar-refractivity contribution < 1.29 is 17.9 Å². The normalized spacial score (nSPS) is 18.1. The first-order valence-electron chi connectivity index (χ1n) is 14.6. The SMILES string of the molecule is Cc1cc(C)c(S(=O)(=O)N2Cc3ccccc3CC2COCC(=O)NCc2cccc(N3CCN(C)CC3)c2)c(C)c1. The number of hydrogen-bond donors (Lipinski definition) is 1. The Labute approximate surface area is 250 Å². The molecule has 42 heavy (non-hydrogen) atoms. The highest BCUT2D eigenvalue weighted by Crippen LogP contribution is 2.32. The number of likely N-dealkylation sites (N-methyl/N-ethyl adjacent to an activating group) is 1. The van der Waals surface area contributed by atoms with Crippen molar-refractivity contribution >= 4 is 21.6 Å². The molecule has 0 radical (unpaired) electrons. The second-order valence-electron chi connectivity index (χ2n) is 11.7. The van der Waals surface area contributed by atoms with Crippen LogP contribution in [-0.2, 0) is 39.1 Å². The Kier molecular flexibility index (Phi) is 9.32. The molecule has 2 heterocycles. The predicted octanol–water partition coefficient (Wildman–Crippen LogP) is 3.81. The number of hydrogen-bond acceptors (Lipinski definition) is 6. The molecule has 3 aromatic carbocycles. The van der Waals surface area contributed by atoms with Gasteiger partial charge in [0, 0.05) is 45.0 Å². The van der Waals surface area contributed by atoms with Gasteiger partial charge in [-0.1, -0.05) is 54.1 Å². The van der Waals surface area contributed by atoms with E-state index in [0.717, 1.165) is 59.6 Å². The quantitative estimate of drug-likeness (QED) is 0.408. The molecule has 0 aliphatic carbocycles. The molecule has 8 nitrogen and oxygen atoms in total. The lowest BCUT2D eigenvalue weighted by Crippen LogP contribution is -2.47.